The molecule has 0 radical (unpaired) electrons. The number of benzene rings is 3. The zero-order valence-corrected chi connectivity index (χ0v) is 16.4. The highest BCUT2D eigenvalue weighted by molar-refractivity contribution is 6.30. The normalized spacial score (nSPS) is 11.2. The molecule has 2 heterocycles. The van der Waals surface area contributed by atoms with Crippen molar-refractivity contribution < 1.29 is 4.79 Å². The number of H-pyrrole nitrogens is 1. The second-order valence-electron chi connectivity index (χ2n) is 6.89. The molecular formula is C23H17ClN4O. The Bertz CT molecular complexity index is 1380. The lowest BCUT2D eigenvalue weighted by Gasteiger charge is -2.09. The summed E-state index contributed by atoms with van der Waals surface area (Å²) in [4.78, 5) is 20.6. The fourth-order valence-corrected chi connectivity index (χ4v) is 3.79. The number of aromatic nitrogens is 3. The Kier molecular flexibility index (Phi) is 4.11. The molecule has 2 aromatic heterocycles. The number of aryl methyl sites for hydroxylation is 1. The van der Waals surface area contributed by atoms with Gasteiger partial charge in [-0.1, -0.05) is 48.0 Å². The second kappa shape index (κ2) is 6.79. The van der Waals surface area contributed by atoms with Crippen molar-refractivity contribution in [3.8, 4) is 5.69 Å². The number of anilines is 1. The molecular weight excluding hydrogens is 384 g/mol. The van der Waals surface area contributed by atoms with Crippen LogP contribution < -0.4 is 5.32 Å². The summed E-state index contributed by atoms with van der Waals surface area (Å²) in [6.07, 6.45) is 1.67. The van der Waals surface area contributed by atoms with E-state index >= 15 is 0 Å². The minimum absolute atomic E-state index is 0.174. The Morgan fingerprint density at radius 3 is 2.66 bits per heavy atom. The Balaban J connectivity index is 1.51. The van der Waals surface area contributed by atoms with Gasteiger partial charge in [0.2, 0.25) is 0 Å². The van der Waals surface area contributed by atoms with Crippen molar-refractivity contribution in [2.45, 2.75) is 6.92 Å². The number of carbonyl (C=O) groups is 1. The fourth-order valence-electron chi connectivity index (χ4n) is 3.60. The molecule has 2 N–H and O–H groups in total. The number of aromatic amines is 1. The van der Waals surface area contributed by atoms with Crippen LogP contribution in [0.5, 0.6) is 0 Å². The van der Waals surface area contributed by atoms with Gasteiger partial charge >= 0.3 is 0 Å². The predicted octanol–water partition coefficient (Wildman–Crippen LogP) is 5.72. The van der Waals surface area contributed by atoms with E-state index in [1.54, 1.807) is 10.9 Å². The third kappa shape index (κ3) is 2.96. The Hall–Kier alpha value is -3.57. The second-order valence-corrected chi connectivity index (χ2v) is 7.25. The molecule has 142 valence electrons. The van der Waals surface area contributed by atoms with Gasteiger partial charge < -0.3 is 10.3 Å². The zero-order valence-electron chi connectivity index (χ0n) is 15.6. The molecule has 5 aromatic rings. The minimum Gasteiger partial charge on any atom is -0.354 e. The van der Waals surface area contributed by atoms with Gasteiger partial charge in [0.15, 0.2) is 0 Å². The quantitative estimate of drug-likeness (QED) is 0.406. The van der Waals surface area contributed by atoms with Crippen LogP contribution in [0.15, 0.2) is 73.1 Å². The lowest BCUT2D eigenvalue weighted by molar-refractivity contribution is 0.102. The molecule has 29 heavy (non-hydrogen) atoms. The number of rotatable bonds is 3. The van der Waals surface area contributed by atoms with Crippen molar-refractivity contribution in [3.63, 3.8) is 0 Å². The third-order valence-electron chi connectivity index (χ3n) is 5.05. The van der Waals surface area contributed by atoms with Crippen molar-refractivity contribution in [3.05, 3.63) is 89.5 Å². The smallest absolute Gasteiger partial charge is 0.257 e. The highest BCUT2D eigenvalue weighted by Crippen LogP contribution is 2.28. The average molecular weight is 401 g/mol. The number of carbonyl (C=O) groups excluding carboxylic acids is 1. The highest BCUT2D eigenvalue weighted by Gasteiger charge is 2.14. The lowest BCUT2D eigenvalue weighted by Crippen LogP contribution is -2.12. The van der Waals surface area contributed by atoms with Crippen LogP contribution >= 0.6 is 11.6 Å². The molecule has 1 amide bonds. The van der Waals surface area contributed by atoms with Gasteiger partial charge in [-0.15, -0.1) is 0 Å². The summed E-state index contributed by atoms with van der Waals surface area (Å²) >= 11 is 6.31. The molecule has 0 fully saturated rings. The number of fused-ring (bicyclic) bond motifs is 3. The number of halogens is 1. The molecule has 5 rings (SSSR count). The monoisotopic (exact) mass is 400 g/mol. The van der Waals surface area contributed by atoms with Gasteiger partial charge in [0.25, 0.3) is 5.91 Å². The van der Waals surface area contributed by atoms with Crippen LogP contribution in [0.3, 0.4) is 0 Å². The summed E-state index contributed by atoms with van der Waals surface area (Å²) in [6.45, 7) is 1.85. The topological polar surface area (TPSA) is 62.7 Å². The van der Waals surface area contributed by atoms with E-state index in [1.165, 1.54) is 0 Å². The maximum atomic E-state index is 13.0. The van der Waals surface area contributed by atoms with Gasteiger partial charge in [-0.05, 0) is 37.3 Å². The first-order valence-corrected chi connectivity index (χ1v) is 9.60. The number of hydrogen-bond acceptors (Lipinski definition) is 2. The van der Waals surface area contributed by atoms with E-state index in [9.17, 15) is 4.79 Å². The number of hydrogen-bond donors (Lipinski definition) is 2. The number of imidazole rings is 1. The van der Waals surface area contributed by atoms with E-state index in [1.807, 2.05) is 67.6 Å². The molecule has 0 aliphatic heterocycles. The summed E-state index contributed by atoms with van der Waals surface area (Å²) in [7, 11) is 0. The summed E-state index contributed by atoms with van der Waals surface area (Å²) < 4.78 is 1.78. The van der Waals surface area contributed by atoms with Gasteiger partial charge in [-0.2, -0.15) is 0 Å². The molecule has 3 aromatic carbocycles. The van der Waals surface area contributed by atoms with Gasteiger partial charge in [0, 0.05) is 27.7 Å². The molecule has 0 bridgehead atoms. The van der Waals surface area contributed by atoms with Crippen molar-refractivity contribution in [1.29, 1.82) is 0 Å². The van der Waals surface area contributed by atoms with Gasteiger partial charge in [0.05, 0.1) is 16.8 Å². The number of amides is 1. The maximum Gasteiger partial charge on any atom is 0.257 e. The average Bonchev–Trinajstić information content (AvgIpc) is 3.28. The van der Waals surface area contributed by atoms with Gasteiger partial charge in [0.1, 0.15) is 11.5 Å². The van der Waals surface area contributed by atoms with Crippen LogP contribution in [0, 0.1) is 6.92 Å². The van der Waals surface area contributed by atoms with Crippen molar-refractivity contribution in [1.82, 2.24) is 14.5 Å². The fraction of sp³-hybridized carbons (Fsp3) is 0.0435. The van der Waals surface area contributed by atoms with E-state index in [2.05, 4.69) is 21.4 Å². The SMILES string of the molecule is Cc1ncn(-c2cccc(NC(=O)c3cccc4c3[nH]c3ccccc34)c2)c1Cl. The van der Waals surface area contributed by atoms with Crippen LogP contribution in [0.1, 0.15) is 16.1 Å². The number of nitrogens with zero attached hydrogens (tertiary/aromatic N) is 2. The van der Waals surface area contributed by atoms with Crippen molar-refractivity contribution >= 4 is 45.0 Å². The number of nitrogens with one attached hydrogen (secondary N) is 2. The standard InChI is InChI=1S/C23H17ClN4O/c1-14-22(24)28(13-25-14)16-7-4-6-15(12-16)26-23(29)19-10-5-9-18-17-8-2-3-11-20(17)27-21(18)19/h2-13,27H,1H3,(H,26,29). The van der Waals surface area contributed by atoms with Crippen molar-refractivity contribution in [2.24, 2.45) is 0 Å². The maximum absolute atomic E-state index is 13.0. The summed E-state index contributed by atoms with van der Waals surface area (Å²) in [5.41, 5.74) is 4.71. The zero-order chi connectivity index (χ0) is 20.0. The molecule has 0 saturated carbocycles. The number of para-hydroxylation sites is 2. The first kappa shape index (κ1) is 17.5. The van der Waals surface area contributed by atoms with E-state index < -0.39 is 0 Å². The Morgan fingerprint density at radius 1 is 1.03 bits per heavy atom. The van der Waals surface area contributed by atoms with E-state index in [4.69, 9.17) is 11.6 Å². The molecule has 0 aliphatic carbocycles. The predicted molar refractivity (Wildman–Crippen MR) is 117 cm³/mol. The lowest BCUT2D eigenvalue weighted by atomic mass is 10.1. The first-order chi connectivity index (χ1) is 14.1. The highest BCUT2D eigenvalue weighted by atomic mass is 35.5. The minimum atomic E-state index is -0.174. The first-order valence-electron chi connectivity index (χ1n) is 9.22. The molecule has 0 unspecified atom stereocenters. The van der Waals surface area contributed by atoms with Crippen molar-refractivity contribution in [2.75, 3.05) is 5.32 Å². The van der Waals surface area contributed by atoms with Crippen LogP contribution in [0.25, 0.3) is 27.5 Å². The molecule has 6 heteroatoms. The molecule has 0 spiro atoms. The van der Waals surface area contributed by atoms with Crippen LogP contribution in [0.4, 0.5) is 5.69 Å². The third-order valence-corrected chi connectivity index (χ3v) is 5.50. The van der Waals surface area contributed by atoms with E-state index in [0.717, 1.165) is 33.2 Å². The van der Waals surface area contributed by atoms with E-state index in [0.29, 0.717) is 16.4 Å². The van der Waals surface area contributed by atoms with Gasteiger partial charge in [-0.25, -0.2) is 4.98 Å². The summed E-state index contributed by atoms with van der Waals surface area (Å²) in [6, 6.07) is 21.3. The van der Waals surface area contributed by atoms with Crippen LogP contribution in [-0.4, -0.2) is 20.4 Å². The summed E-state index contributed by atoms with van der Waals surface area (Å²) in [5, 5.41) is 5.68. The molecule has 0 atom stereocenters. The summed E-state index contributed by atoms with van der Waals surface area (Å²) in [5.74, 6) is -0.174. The molecule has 0 aliphatic rings. The van der Waals surface area contributed by atoms with Crippen LogP contribution in [-0.2, 0) is 0 Å². The Labute approximate surface area is 172 Å². The van der Waals surface area contributed by atoms with E-state index in [-0.39, 0.29) is 5.91 Å². The van der Waals surface area contributed by atoms with Gasteiger partial charge in [-0.3, -0.25) is 9.36 Å². The Morgan fingerprint density at radius 2 is 1.83 bits per heavy atom. The molecule has 0 saturated heterocycles. The van der Waals surface area contributed by atoms with Crippen LogP contribution in [0.2, 0.25) is 5.15 Å². The largest absolute Gasteiger partial charge is 0.354 e. The molecule has 5 nitrogen and oxygen atoms in total.